The van der Waals surface area contributed by atoms with Gasteiger partial charge >= 0.3 is 0 Å². The van der Waals surface area contributed by atoms with Crippen LogP contribution in [0.15, 0.2) is 46.9 Å². The van der Waals surface area contributed by atoms with E-state index in [1.165, 1.54) is 12.1 Å². The van der Waals surface area contributed by atoms with Gasteiger partial charge in [0.25, 0.3) is 0 Å². The second-order valence-corrected chi connectivity index (χ2v) is 9.66. The third-order valence-electron chi connectivity index (χ3n) is 5.51. The monoisotopic (exact) mass is 418 g/mol. The maximum Gasteiger partial charge on any atom is 0.246 e. The van der Waals surface area contributed by atoms with Gasteiger partial charge in [0.05, 0.1) is 17.1 Å². The van der Waals surface area contributed by atoms with Crippen molar-refractivity contribution < 1.29 is 22.0 Å². The van der Waals surface area contributed by atoms with E-state index in [-0.39, 0.29) is 29.3 Å². The summed E-state index contributed by atoms with van der Waals surface area (Å²) in [6, 6.07) is 9.82. The topological polar surface area (TPSA) is 70.8 Å². The second-order valence-electron chi connectivity index (χ2n) is 7.43. The molecule has 3 heterocycles. The van der Waals surface area contributed by atoms with Crippen molar-refractivity contribution in [3.05, 3.63) is 54.1 Å². The molecule has 0 aliphatic carbocycles. The van der Waals surface area contributed by atoms with Gasteiger partial charge in [-0.05, 0) is 36.8 Å². The summed E-state index contributed by atoms with van der Waals surface area (Å²) in [6.45, 7) is 2.49. The summed E-state index contributed by atoms with van der Waals surface area (Å²) in [5.74, 6) is 0.900. The van der Waals surface area contributed by atoms with Crippen molar-refractivity contribution in [3.8, 4) is 11.3 Å². The van der Waals surface area contributed by atoms with E-state index in [4.69, 9.17) is 4.42 Å². The molecule has 2 saturated heterocycles. The highest BCUT2D eigenvalue weighted by Gasteiger charge is 2.34. The Balaban J connectivity index is 1.32. The van der Waals surface area contributed by atoms with Gasteiger partial charge in [0.15, 0.2) is 9.84 Å². The molecule has 0 bridgehead atoms. The lowest BCUT2D eigenvalue weighted by Crippen LogP contribution is -2.52. The Labute approximate surface area is 169 Å². The maximum atomic E-state index is 13.9. The van der Waals surface area contributed by atoms with Crippen LogP contribution in [-0.2, 0) is 14.6 Å². The predicted octanol–water partition coefficient (Wildman–Crippen LogP) is 2.43. The van der Waals surface area contributed by atoms with Crippen molar-refractivity contribution in [2.45, 2.75) is 12.5 Å². The first-order valence-electron chi connectivity index (χ1n) is 9.67. The number of sulfone groups is 1. The number of piperazine rings is 1. The van der Waals surface area contributed by atoms with Crippen LogP contribution in [0.2, 0.25) is 0 Å². The molecule has 0 saturated carbocycles. The molecular weight excluding hydrogens is 395 g/mol. The summed E-state index contributed by atoms with van der Waals surface area (Å²) in [5.41, 5.74) is 0.378. The molecule has 1 aromatic carbocycles. The van der Waals surface area contributed by atoms with Gasteiger partial charge in [-0.2, -0.15) is 0 Å². The van der Waals surface area contributed by atoms with Crippen LogP contribution in [0, 0.1) is 5.82 Å². The number of benzene rings is 1. The third kappa shape index (κ3) is 4.59. The average Bonchev–Trinajstić information content (AvgIpc) is 3.33. The molecule has 6 nitrogen and oxygen atoms in total. The molecule has 154 valence electrons. The molecule has 4 rings (SSSR count). The van der Waals surface area contributed by atoms with Gasteiger partial charge < -0.3 is 9.32 Å². The van der Waals surface area contributed by atoms with Gasteiger partial charge in [0, 0.05) is 38.3 Å². The Morgan fingerprint density at radius 3 is 2.55 bits per heavy atom. The summed E-state index contributed by atoms with van der Waals surface area (Å²) < 4.78 is 42.8. The fourth-order valence-electron chi connectivity index (χ4n) is 3.88. The zero-order valence-corrected chi connectivity index (χ0v) is 16.8. The molecule has 1 atom stereocenters. The van der Waals surface area contributed by atoms with Crippen molar-refractivity contribution in [3.63, 3.8) is 0 Å². The van der Waals surface area contributed by atoms with Gasteiger partial charge in [-0.1, -0.05) is 12.1 Å². The Morgan fingerprint density at radius 2 is 1.86 bits per heavy atom. The molecule has 2 fully saturated rings. The molecule has 2 aromatic rings. The number of hydrogen-bond acceptors (Lipinski definition) is 5. The van der Waals surface area contributed by atoms with Crippen LogP contribution < -0.4 is 0 Å². The number of rotatable bonds is 4. The van der Waals surface area contributed by atoms with E-state index >= 15 is 0 Å². The fraction of sp³-hybridized carbons (Fsp3) is 0.381. The molecule has 2 aliphatic rings. The quantitative estimate of drug-likeness (QED) is 0.714. The highest BCUT2D eigenvalue weighted by atomic mass is 32.2. The van der Waals surface area contributed by atoms with Crippen molar-refractivity contribution in [2.75, 3.05) is 37.7 Å². The Hall–Kier alpha value is -2.45. The first kappa shape index (κ1) is 19.8. The number of hydrogen-bond donors (Lipinski definition) is 0. The number of carbonyl (C=O) groups excluding carboxylic acids is 1. The SMILES string of the molecule is O=C(/C=C/c1ccc(-c2ccccc2F)o1)N1CCN([C@H]2CCS(=O)(=O)C2)CC1. The van der Waals surface area contributed by atoms with E-state index in [1.807, 2.05) is 0 Å². The van der Waals surface area contributed by atoms with Crippen LogP contribution in [0.25, 0.3) is 17.4 Å². The van der Waals surface area contributed by atoms with Gasteiger partial charge in [-0.3, -0.25) is 9.69 Å². The minimum Gasteiger partial charge on any atom is -0.457 e. The van der Waals surface area contributed by atoms with E-state index in [1.54, 1.807) is 41.3 Å². The summed E-state index contributed by atoms with van der Waals surface area (Å²) in [5, 5.41) is 0. The number of nitrogens with zero attached hydrogens (tertiary/aromatic N) is 2. The average molecular weight is 418 g/mol. The first-order chi connectivity index (χ1) is 13.9. The van der Waals surface area contributed by atoms with Crippen molar-refractivity contribution >= 4 is 21.8 Å². The number of carbonyl (C=O) groups is 1. The molecule has 2 aliphatic heterocycles. The summed E-state index contributed by atoms with van der Waals surface area (Å²) in [7, 11) is -2.90. The van der Waals surface area contributed by atoms with Crippen molar-refractivity contribution in [2.24, 2.45) is 0 Å². The maximum absolute atomic E-state index is 13.9. The summed E-state index contributed by atoms with van der Waals surface area (Å²) in [4.78, 5) is 16.4. The molecule has 1 aromatic heterocycles. The summed E-state index contributed by atoms with van der Waals surface area (Å²) >= 11 is 0. The normalized spacial score (nSPS) is 22.4. The smallest absolute Gasteiger partial charge is 0.246 e. The van der Waals surface area contributed by atoms with Crippen molar-refractivity contribution in [1.29, 1.82) is 0 Å². The number of halogens is 1. The van der Waals surface area contributed by atoms with Crippen molar-refractivity contribution in [1.82, 2.24) is 9.80 Å². The highest BCUT2D eigenvalue weighted by molar-refractivity contribution is 7.91. The lowest BCUT2D eigenvalue weighted by atomic mass is 10.1. The van der Waals surface area contributed by atoms with Gasteiger partial charge in [0.2, 0.25) is 5.91 Å². The standard InChI is InChI=1S/C21H23FN2O4S/c22-19-4-2-1-3-18(19)20-7-5-17(28-20)6-8-21(25)24-12-10-23(11-13-24)16-9-14-29(26,27)15-16/h1-8,16H,9-15H2/b8-6+/t16-/m0/s1. The Bertz CT molecular complexity index is 1020. The molecule has 0 N–H and O–H groups in total. The van der Waals surface area contributed by atoms with Crippen LogP contribution >= 0.6 is 0 Å². The van der Waals surface area contributed by atoms with E-state index in [9.17, 15) is 17.6 Å². The number of amides is 1. The minimum atomic E-state index is -2.90. The van der Waals surface area contributed by atoms with Gasteiger partial charge in [-0.25, -0.2) is 12.8 Å². The highest BCUT2D eigenvalue weighted by Crippen LogP contribution is 2.25. The van der Waals surface area contributed by atoms with Crippen LogP contribution in [0.1, 0.15) is 12.2 Å². The van der Waals surface area contributed by atoms with E-state index < -0.39 is 9.84 Å². The van der Waals surface area contributed by atoms with Crippen LogP contribution in [0.5, 0.6) is 0 Å². The Morgan fingerprint density at radius 1 is 1.10 bits per heavy atom. The lowest BCUT2D eigenvalue weighted by molar-refractivity contribution is -0.127. The largest absolute Gasteiger partial charge is 0.457 e. The van der Waals surface area contributed by atoms with Crippen LogP contribution in [0.4, 0.5) is 4.39 Å². The molecule has 0 spiro atoms. The lowest BCUT2D eigenvalue weighted by Gasteiger charge is -2.37. The van der Waals surface area contributed by atoms with Gasteiger partial charge in [0.1, 0.15) is 17.3 Å². The Kier molecular flexibility index (Phi) is 5.56. The van der Waals surface area contributed by atoms with Gasteiger partial charge in [-0.15, -0.1) is 0 Å². The number of furan rings is 1. The fourth-order valence-corrected chi connectivity index (χ4v) is 5.64. The first-order valence-corrected chi connectivity index (χ1v) is 11.5. The second kappa shape index (κ2) is 8.12. The van der Waals surface area contributed by atoms with Crippen LogP contribution in [0.3, 0.4) is 0 Å². The molecule has 0 radical (unpaired) electrons. The zero-order chi connectivity index (χ0) is 20.4. The molecule has 8 heteroatoms. The molecular formula is C21H23FN2O4S. The predicted molar refractivity (Wildman–Crippen MR) is 108 cm³/mol. The zero-order valence-electron chi connectivity index (χ0n) is 16.0. The van der Waals surface area contributed by atoms with Crippen LogP contribution in [-0.4, -0.2) is 67.9 Å². The molecule has 29 heavy (non-hydrogen) atoms. The molecule has 0 unspecified atom stereocenters. The van der Waals surface area contributed by atoms with E-state index in [0.29, 0.717) is 49.7 Å². The minimum absolute atomic E-state index is 0.0766. The summed E-state index contributed by atoms with van der Waals surface area (Å²) in [6.07, 6.45) is 3.72. The third-order valence-corrected chi connectivity index (χ3v) is 7.26. The van der Waals surface area contributed by atoms with E-state index in [0.717, 1.165) is 0 Å². The van der Waals surface area contributed by atoms with E-state index in [2.05, 4.69) is 4.90 Å². The molecule has 1 amide bonds.